The number of fused-ring (bicyclic) bond motifs is 6. The Morgan fingerprint density at radius 2 is 0.693 bits per heavy atom. The minimum atomic E-state index is -0.461. The van der Waals surface area contributed by atoms with Gasteiger partial charge in [-0.15, -0.1) is 0 Å². The van der Waals surface area contributed by atoms with Gasteiger partial charge in [-0.3, -0.25) is 0 Å². The molecule has 12 aromatic carbocycles. The fourth-order valence-electron chi connectivity index (χ4n) is 12.1. The lowest BCUT2D eigenvalue weighted by Crippen LogP contribution is -2.28. The molecule has 0 amide bonds. The van der Waals surface area contributed by atoms with Gasteiger partial charge in [-0.1, -0.05) is 243 Å². The van der Waals surface area contributed by atoms with Crippen molar-refractivity contribution in [3.05, 3.63) is 326 Å². The summed E-state index contributed by atoms with van der Waals surface area (Å²) in [6, 6.07) is 111. The first kappa shape index (κ1) is 44.0. The van der Waals surface area contributed by atoms with Crippen LogP contribution in [0.1, 0.15) is 22.3 Å². The maximum atomic E-state index is 2.48. The molecule has 0 radical (unpaired) electrons. The van der Waals surface area contributed by atoms with E-state index in [0.717, 1.165) is 33.9 Å². The van der Waals surface area contributed by atoms with Gasteiger partial charge in [-0.25, -0.2) is 0 Å². The highest BCUT2D eigenvalue weighted by molar-refractivity contribution is 6.11. The molecule has 1 aromatic heterocycles. The fraction of sp³-hybridized carbons (Fsp3) is 0.0137. The van der Waals surface area contributed by atoms with Crippen LogP contribution in [0.25, 0.3) is 83.1 Å². The van der Waals surface area contributed by atoms with Crippen molar-refractivity contribution in [2.24, 2.45) is 0 Å². The predicted molar refractivity (Wildman–Crippen MR) is 315 cm³/mol. The Morgan fingerprint density at radius 3 is 1.29 bits per heavy atom. The van der Waals surface area contributed by atoms with Gasteiger partial charge < -0.3 is 9.47 Å². The Labute approximate surface area is 438 Å². The van der Waals surface area contributed by atoms with E-state index in [4.69, 9.17) is 0 Å². The van der Waals surface area contributed by atoms with Gasteiger partial charge in [0.1, 0.15) is 0 Å². The third kappa shape index (κ3) is 7.41. The zero-order valence-corrected chi connectivity index (χ0v) is 41.3. The Hall–Kier alpha value is -9.76. The fourth-order valence-corrected chi connectivity index (χ4v) is 12.1. The molecule has 2 heteroatoms. The van der Waals surface area contributed by atoms with E-state index in [1.807, 2.05) is 0 Å². The molecule has 0 bridgehead atoms. The van der Waals surface area contributed by atoms with Gasteiger partial charge in [0.25, 0.3) is 0 Å². The van der Waals surface area contributed by atoms with Crippen molar-refractivity contribution in [2.45, 2.75) is 5.41 Å². The molecule has 1 heterocycles. The highest BCUT2D eigenvalue weighted by Gasteiger charge is 2.46. The molecule has 0 N–H and O–H groups in total. The van der Waals surface area contributed by atoms with Gasteiger partial charge in [0.2, 0.25) is 0 Å². The molecule has 0 saturated heterocycles. The summed E-state index contributed by atoms with van der Waals surface area (Å²) in [5, 5.41) is 2.46. The smallest absolute Gasteiger partial charge is 0.0713 e. The Balaban J connectivity index is 0.910. The SMILES string of the molecule is c1ccc(-c2cccc(N(c3cccc(-c4ccccc4)c3)c3cccc(-c4ccccc4-c4ccc5c6ccccc6n(-c6ccc7c(c6)-c6ccccc6C7(c6ccccc6)c6ccccc6)c5c4)c3)c2)cc1. The lowest BCUT2D eigenvalue weighted by atomic mass is 9.68. The summed E-state index contributed by atoms with van der Waals surface area (Å²) in [4.78, 5) is 2.40. The van der Waals surface area contributed by atoms with Crippen molar-refractivity contribution in [1.82, 2.24) is 4.57 Å². The van der Waals surface area contributed by atoms with Crippen LogP contribution in [-0.2, 0) is 5.41 Å². The van der Waals surface area contributed by atoms with E-state index < -0.39 is 5.41 Å². The van der Waals surface area contributed by atoms with E-state index >= 15 is 0 Å². The summed E-state index contributed by atoms with van der Waals surface area (Å²) in [7, 11) is 0. The van der Waals surface area contributed by atoms with Crippen LogP contribution in [-0.4, -0.2) is 4.57 Å². The second-order valence-corrected chi connectivity index (χ2v) is 19.6. The van der Waals surface area contributed by atoms with Crippen LogP contribution in [0.15, 0.2) is 303 Å². The van der Waals surface area contributed by atoms with E-state index in [9.17, 15) is 0 Å². The second-order valence-electron chi connectivity index (χ2n) is 19.6. The number of hydrogen-bond acceptors (Lipinski definition) is 1. The molecule has 2 nitrogen and oxygen atoms in total. The molecule has 0 saturated carbocycles. The van der Waals surface area contributed by atoms with Crippen molar-refractivity contribution in [3.8, 4) is 61.3 Å². The molecule has 14 rings (SSSR count). The van der Waals surface area contributed by atoms with Gasteiger partial charge in [-0.05, 0) is 139 Å². The topological polar surface area (TPSA) is 8.17 Å². The van der Waals surface area contributed by atoms with Crippen LogP contribution in [0.4, 0.5) is 17.1 Å². The maximum Gasteiger partial charge on any atom is 0.0713 e. The molecule has 1 aliphatic carbocycles. The van der Waals surface area contributed by atoms with Crippen LogP contribution in [0, 0.1) is 0 Å². The second kappa shape index (κ2) is 18.4. The van der Waals surface area contributed by atoms with Gasteiger partial charge in [-0.2, -0.15) is 0 Å². The summed E-state index contributed by atoms with van der Waals surface area (Å²) in [6.45, 7) is 0. The lowest BCUT2D eigenvalue weighted by molar-refractivity contribution is 0.768. The van der Waals surface area contributed by atoms with E-state index in [1.54, 1.807) is 0 Å². The molecule has 0 unspecified atom stereocenters. The van der Waals surface area contributed by atoms with Crippen molar-refractivity contribution < 1.29 is 0 Å². The van der Waals surface area contributed by atoms with E-state index in [0.29, 0.717) is 0 Å². The molecular formula is C73H50N2. The van der Waals surface area contributed by atoms with Crippen molar-refractivity contribution in [1.29, 1.82) is 0 Å². The molecule has 0 atom stereocenters. The predicted octanol–water partition coefficient (Wildman–Crippen LogP) is 19.3. The van der Waals surface area contributed by atoms with E-state index in [1.165, 1.54) is 88.6 Å². The minimum Gasteiger partial charge on any atom is -0.310 e. The summed E-state index contributed by atoms with van der Waals surface area (Å²) in [5.74, 6) is 0. The van der Waals surface area contributed by atoms with Crippen molar-refractivity contribution in [2.75, 3.05) is 4.90 Å². The third-order valence-electron chi connectivity index (χ3n) is 15.5. The number of anilines is 3. The van der Waals surface area contributed by atoms with E-state index in [2.05, 4.69) is 313 Å². The van der Waals surface area contributed by atoms with Crippen LogP contribution in [0.2, 0.25) is 0 Å². The van der Waals surface area contributed by atoms with Crippen LogP contribution < -0.4 is 4.90 Å². The summed E-state index contributed by atoms with van der Waals surface area (Å²) in [5.41, 5.74) is 23.3. The van der Waals surface area contributed by atoms with Gasteiger partial charge in [0, 0.05) is 33.5 Å². The minimum absolute atomic E-state index is 0.461. The van der Waals surface area contributed by atoms with Crippen molar-refractivity contribution >= 4 is 38.9 Å². The first-order valence-corrected chi connectivity index (χ1v) is 25.9. The molecule has 352 valence electrons. The molecule has 0 fully saturated rings. The molecule has 1 aliphatic rings. The number of nitrogens with zero attached hydrogens (tertiary/aromatic N) is 2. The molecule has 75 heavy (non-hydrogen) atoms. The van der Waals surface area contributed by atoms with Crippen LogP contribution >= 0.6 is 0 Å². The Bertz CT molecular complexity index is 4110. The van der Waals surface area contributed by atoms with Crippen molar-refractivity contribution in [3.63, 3.8) is 0 Å². The molecular weight excluding hydrogens is 905 g/mol. The van der Waals surface area contributed by atoms with Gasteiger partial charge in [0.15, 0.2) is 0 Å². The largest absolute Gasteiger partial charge is 0.310 e. The maximum absolute atomic E-state index is 2.48. The van der Waals surface area contributed by atoms with Gasteiger partial charge in [0.05, 0.1) is 16.4 Å². The number of benzene rings is 12. The Morgan fingerprint density at radius 1 is 0.253 bits per heavy atom. The number of rotatable bonds is 10. The highest BCUT2D eigenvalue weighted by atomic mass is 15.1. The van der Waals surface area contributed by atoms with Crippen LogP contribution in [0.3, 0.4) is 0 Å². The van der Waals surface area contributed by atoms with Gasteiger partial charge >= 0.3 is 0 Å². The third-order valence-corrected chi connectivity index (χ3v) is 15.5. The number of aromatic nitrogens is 1. The zero-order valence-electron chi connectivity index (χ0n) is 41.3. The highest BCUT2D eigenvalue weighted by Crippen LogP contribution is 2.56. The molecule has 13 aromatic rings. The van der Waals surface area contributed by atoms with E-state index in [-0.39, 0.29) is 0 Å². The summed E-state index contributed by atoms with van der Waals surface area (Å²) in [6.07, 6.45) is 0. The standard InChI is InChI=1S/C73H50N2/c1-5-22-51(23-6-1)53-26-19-33-59(46-53)74(60-34-20-27-54(47-60)52-24-7-2-8-25-52)61-35-21-28-55(48-61)63-36-13-14-37-64(63)56-42-44-67-66-39-16-18-41-71(66)75(72(67)49-56)62-43-45-70-68(50-62)65-38-15-17-40-69(65)73(70,57-29-9-3-10-30-57)58-31-11-4-12-32-58/h1-50H. The number of para-hydroxylation sites is 1. The first-order chi connectivity index (χ1) is 37.2. The van der Waals surface area contributed by atoms with Crippen LogP contribution in [0.5, 0.6) is 0 Å². The quantitative estimate of drug-likeness (QED) is 0.133. The summed E-state index contributed by atoms with van der Waals surface area (Å²) >= 11 is 0. The normalized spacial score (nSPS) is 12.4. The Kier molecular flexibility index (Phi) is 10.8. The first-order valence-electron chi connectivity index (χ1n) is 25.9. The number of hydrogen-bond donors (Lipinski definition) is 0. The average Bonchev–Trinajstić information content (AvgIpc) is 4.01. The monoisotopic (exact) mass is 954 g/mol. The lowest BCUT2D eigenvalue weighted by Gasteiger charge is -2.33. The molecule has 0 spiro atoms. The molecule has 0 aliphatic heterocycles. The zero-order chi connectivity index (χ0) is 49.7. The average molecular weight is 955 g/mol. The summed E-state index contributed by atoms with van der Waals surface area (Å²) < 4.78 is 2.48.